The number of halogens is 1. The van der Waals surface area contributed by atoms with Crippen LogP contribution in [-0.4, -0.2) is 23.2 Å². The van der Waals surface area contributed by atoms with Crippen molar-refractivity contribution in [2.75, 3.05) is 4.72 Å². The number of hydrogen-bond acceptors (Lipinski definition) is 4. The van der Waals surface area contributed by atoms with E-state index in [9.17, 15) is 8.42 Å². The van der Waals surface area contributed by atoms with Crippen LogP contribution in [0.2, 0.25) is 5.02 Å². The number of benzene rings is 2. The number of para-hydroxylation sites is 1. The van der Waals surface area contributed by atoms with Crippen LogP contribution in [0.15, 0.2) is 53.4 Å². The number of sulfonamides is 1. The summed E-state index contributed by atoms with van der Waals surface area (Å²) in [5.74, 6) is 0.273. The summed E-state index contributed by atoms with van der Waals surface area (Å²) < 4.78 is 30.0. The fourth-order valence-corrected chi connectivity index (χ4v) is 4.32. The number of pyridine rings is 1. The van der Waals surface area contributed by atoms with Gasteiger partial charge in [0.15, 0.2) is 11.5 Å². The lowest BCUT2D eigenvalue weighted by molar-refractivity contribution is 0.599. The third-order valence-electron chi connectivity index (χ3n) is 4.54. The maximum absolute atomic E-state index is 12.8. The maximum Gasteiger partial charge on any atom is 0.263 e. The zero-order chi connectivity index (χ0) is 19.9. The lowest BCUT2D eigenvalue weighted by atomic mass is 10.1. The highest BCUT2D eigenvalue weighted by molar-refractivity contribution is 7.92. The van der Waals surface area contributed by atoms with Gasteiger partial charge in [-0.05, 0) is 49.2 Å². The number of aromatic nitrogens is 3. The van der Waals surface area contributed by atoms with Gasteiger partial charge < -0.3 is 0 Å². The van der Waals surface area contributed by atoms with Crippen molar-refractivity contribution in [1.29, 1.82) is 0 Å². The van der Waals surface area contributed by atoms with Crippen LogP contribution in [0.5, 0.6) is 0 Å². The van der Waals surface area contributed by atoms with Gasteiger partial charge in [-0.2, -0.15) is 5.10 Å². The average molecular weight is 415 g/mol. The molecule has 1 N–H and O–H groups in total. The van der Waals surface area contributed by atoms with Gasteiger partial charge in [-0.3, -0.25) is 4.72 Å². The summed E-state index contributed by atoms with van der Waals surface area (Å²) in [5, 5.41) is 6.58. The molecule has 0 aliphatic heterocycles. The van der Waals surface area contributed by atoms with Crippen molar-refractivity contribution in [1.82, 2.24) is 14.8 Å². The Labute approximate surface area is 168 Å². The van der Waals surface area contributed by atoms with Gasteiger partial charge >= 0.3 is 0 Å². The van der Waals surface area contributed by atoms with Crippen molar-refractivity contribution >= 4 is 49.4 Å². The molecule has 0 radical (unpaired) electrons. The molecule has 28 heavy (non-hydrogen) atoms. The molecule has 2 aromatic heterocycles. The molecule has 6 nitrogen and oxygen atoms in total. The number of aryl methyl sites for hydroxylation is 2. The Kier molecular flexibility index (Phi) is 4.72. The van der Waals surface area contributed by atoms with E-state index < -0.39 is 10.0 Å². The van der Waals surface area contributed by atoms with Crippen LogP contribution >= 0.6 is 11.6 Å². The summed E-state index contributed by atoms with van der Waals surface area (Å²) in [6, 6.07) is 13.9. The van der Waals surface area contributed by atoms with E-state index in [2.05, 4.69) is 9.82 Å². The zero-order valence-electron chi connectivity index (χ0n) is 15.5. The lowest BCUT2D eigenvalue weighted by Gasteiger charge is -2.06. The number of anilines is 1. The molecular formula is C20H19ClN4O2S. The van der Waals surface area contributed by atoms with Gasteiger partial charge in [0.25, 0.3) is 10.0 Å². The smallest absolute Gasteiger partial charge is 0.261 e. The summed E-state index contributed by atoms with van der Waals surface area (Å²) in [6.07, 6.45) is 0.855. The minimum absolute atomic E-state index is 0.125. The van der Waals surface area contributed by atoms with Gasteiger partial charge in [-0.15, -0.1) is 0 Å². The Hall–Kier alpha value is -2.64. The van der Waals surface area contributed by atoms with Gasteiger partial charge in [-0.25, -0.2) is 18.1 Å². The Morgan fingerprint density at radius 3 is 2.61 bits per heavy atom. The van der Waals surface area contributed by atoms with E-state index in [1.165, 1.54) is 12.1 Å². The first-order valence-electron chi connectivity index (χ1n) is 8.94. The van der Waals surface area contributed by atoms with Crippen LogP contribution in [0.3, 0.4) is 0 Å². The number of nitrogens with zero attached hydrogens (tertiary/aromatic N) is 3. The second kappa shape index (κ2) is 7.07. The summed E-state index contributed by atoms with van der Waals surface area (Å²) >= 11 is 5.87. The summed E-state index contributed by atoms with van der Waals surface area (Å²) in [4.78, 5) is 4.90. The van der Waals surface area contributed by atoms with Crippen molar-refractivity contribution in [2.45, 2.75) is 31.7 Å². The fourth-order valence-electron chi connectivity index (χ4n) is 3.17. The largest absolute Gasteiger partial charge is 0.263 e. The Morgan fingerprint density at radius 1 is 1.14 bits per heavy atom. The summed E-state index contributed by atoms with van der Waals surface area (Å²) in [7, 11) is -3.80. The Morgan fingerprint density at radius 2 is 1.89 bits per heavy atom. The molecule has 0 spiro atoms. The summed E-state index contributed by atoms with van der Waals surface area (Å²) in [5.41, 5.74) is 2.61. The number of nitrogens with one attached hydrogen (secondary N) is 1. The molecule has 0 aliphatic carbocycles. The van der Waals surface area contributed by atoms with Crippen LogP contribution < -0.4 is 4.72 Å². The molecule has 0 saturated carbocycles. The van der Waals surface area contributed by atoms with E-state index in [0.717, 1.165) is 22.9 Å². The van der Waals surface area contributed by atoms with E-state index in [4.69, 9.17) is 16.6 Å². The topological polar surface area (TPSA) is 76.9 Å². The van der Waals surface area contributed by atoms with Crippen LogP contribution in [0.25, 0.3) is 21.9 Å². The van der Waals surface area contributed by atoms with Crippen LogP contribution in [-0.2, 0) is 16.6 Å². The second-order valence-corrected chi connectivity index (χ2v) is 8.76. The molecule has 0 amide bonds. The Balaban J connectivity index is 1.87. The molecular weight excluding hydrogens is 396 g/mol. The molecule has 0 atom stereocenters. The lowest BCUT2D eigenvalue weighted by Crippen LogP contribution is -2.13. The molecule has 0 bridgehead atoms. The maximum atomic E-state index is 12.8. The van der Waals surface area contributed by atoms with Gasteiger partial charge in [0.05, 0.1) is 15.8 Å². The minimum atomic E-state index is -3.80. The molecule has 0 saturated heterocycles. The number of hydrogen-bond donors (Lipinski definition) is 1. The van der Waals surface area contributed by atoms with Gasteiger partial charge in [-0.1, -0.05) is 36.7 Å². The molecule has 2 aromatic carbocycles. The second-order valence-electron chi connectivity index (χ2n) is 6.64. The van der Waals surface area contributed by atoms with E-state index in [1.807, 2.05) is 38.1 Å². The van der Waals surface area contributed by atoms with E-state index >= 15 is 0 Å². The SMILES string of the molecule is CCCn1nc(NS(=O)(=O)c2ccc(Cl)cc2)c2cc3cccc(C)c3nc21. The zero-order valence-corrected chi connectivity index (χ0v) is 17.0. The van der Waals surface area contributed by atoms with Gasteiger partial charge in [0, 0.05) is 17.0 Å². The normalized spacial score (nSPS) is 12.0. The first-order valence-corrected chi connectivity index (χ1v) is 10.8. The predicted molar refractivity (Wildman–Crippen MR) is 112 cm³/mol. The van der Waals surface area contributed by atoms with Crippen molar-refractivity contribution < 1.29 is 8.42 Å². The fraction of sp³-hybridized carbons (Fsp3) is 0.200. The van der Waals surface area contributed by atoms with Crippen LogP contribution in [0, 0.1) is 6.92 Å². The molecule has 0 fully saturated rings. The molecule has 4 aromatic rings. The quantitative estimate of drug-likeness (QED) is 0.510. The standard InChI is InChI=1S/C20H19ClN4O2S/c1-3-11-25-20-17(12-14-6-4-5-13(2)18(14)22-20)19(23-25)24-28(26,27)16-9-7-15(21)8-10-16/h4-10,12H,3,11H2,1-2H3,(H,23,24). The highest BCUT2D eigenvalue weighted by atomic mass is 35.5. The number of fused-ring (bicyclic) bond motifs is 2. The molecule has 8 heteroatoms. The molecule has 144 valence electrons. The van der Waals surface area contributed by atoms with Crippen molar-refractivity contribution in [3.63, 3.8) is 0 Å². The molecule has 0 aliphatic rings. The summed E-state index contributed by atoms with van der Waals surface area (Å²) in [6.45, 7) is 4.69. The third kappa shape index (κ3) is 3.31. The van der Waals surface area contributed by atoms with Gasteiger partial charge in [0.1, 0.15) is 0 Å². The van der Waals surface area contributed by atoms with Crippen molar-refractivity contribution in [3.05, 3.63) is 59.1 Å². The van der Waals surface area contributed by atoms with E-state index in [1.54, 1.807) is 16.8 Å². The predicted octanol–water partition coefficient (Wildman–Crippen LogP) is 4.76. The first kappa shape index (κ1) is 18.7. The van der Waals surface area contributed by atoms with Crippen molar-refractivity contribution in [2.24, 2.45) is 0 Å². The van der Waals surface area contributed by atoms with Crippen LogP contribution in [0.4, 0.5) is 5.82 Å². The Bertz CT molecular complexity index is 1280. The molecule has 4 rings (SSSR count). The van der Waals surface area contributed by atoms with E-state index in [0.29, 0.717) is 22.6 Å². The van der Waals surface area contributed by atoms with Crippen molar-refractivity contribution in [3.8, 4) is 0 Å². The monoisotopic (exact) mass is 414 g/mol. The highest BCUT2D eigenvalue weighted by Crippen LogP contribution is 2.29. The van der Waals surface area contributed by atoms with Gasteiger partial charge in [0.2, 0.25) is 0 Å². The molecule has 0 unspecified atom stereocenters. The molecule has 2 heterocycles. The first-order chi connectivity index (χ1) is 13.4. The highest BCUT2D eigenvalue weighted by Gasteiger charge is 2.20. The third-order valence-corrected chi connectivity index (χ3v) is 6.14. The van der Waals surface area contributed by atoms with Crippen LogP contribution in [0.1, 0.15) is 18.9 Å². The number of rotatable bonds is 5. The minimum Gasteiger partial charge on any atom is -0.261 e. The average Bonchev–Trinajstić information content (AvgIpc) is 2.97. The van der Waals surface area contributed by atoms with E-state index in [-0.39, 0.29) is 10.7 Å².